The maximum absolute atomic E-state index is 12.0. The largest absolute Gasteiger partial charge is 0.389 e. The third kappa shape index (κ3) is 6.61. The predicted octanol–water partition coefficient (Wildman–Crippen LogP) is 3.46. The van der Waals surface area contributed by atoms with Gasteiger partial charge in [0.25, 0.3) is 0 Å². The number of alkyl halides is 3. The lowest BCUT2D eigenvalue weighted by molar-refractivity contribution is -0.135. The van der Waals surface area contributed by atoms with E-state index in [1.807, 2.05) is 0 Å². The SMILES string of the molecule is CC1CCC(CN)(CNCCCCC(F)(F)F)CC1. The van der Waals surface area contributed by atoms with Gasteiger partial charge in [0.2, 0.25) is 0 Å². The Morgan fingerprint density at radius 3 is 2.37 bits per heavy atom. The fraction of sp³-hybridized carbons (Fsp3) is 1.00. The Morgan fingerprint density at radius 1 is 1.21 bits per heavy atom. The van der Waals surface area contributed by atoms with Gasteiger partial charge in [0.1, 0.15) is 0 Å². The molecule has 1 saturated carbocycles. The van der Waals surface area contributed by atoms with Crippen molar-refractivity contribution in [2.75, 3.05) is 19.6 Å². The average Bonchev–Trinajstić information content (AvgIpc) is 2.35. The van der Waals surface area contributed by atoms with Crippen LogP contribution in [0.15, 0.2) is 0 Å². The summed E-state index contributed by atoms with van der Waals surface area (Å²) in [6, 6.07) is 0. The second kappa shape index (κ2) is 7.48. The van der Waals surface area contributed by atoms with Crippen LogP contribution in [0.2, 0.25) is 0 Å². The lowest BCUT2D eigenvalue weighted by atomic mass is 9.71. The van der Waals surface area contributed by atoms with Gasteiger partial charge in [-0.15, -0.1) is 0 Å². The maximum Gasteiger partial charge on any atom is 0.389 e. The molecule has 0 heterocycles. The number of nitrogens with two attached hydrogens (primary N) is 1. The Hall–Kier alpha value is -0.290. The number of rotatable bonds is 7. The van der Waals surface area contributed by atoms with Crippen LogP contribution in [0.4, 0.5) is 13.2 Å². The Labute approximate surface area is 114 Å². The molecule has 0 aliphatic heterocycles. The second-order valence-electron chi connectivity index (χ2n) is 6.14. The summed E-state index contributed by atoms with van der Waals surface area (Å²) >= 11 is 0. The number of hydrogen-bond donors (Lipinski definition) is 2. The Morgan fingerprint density at radius 2 is 1.84 bits per heavy atom. The van der Waals surface area contributed by atoms with Crippen molar-refractivity contribution in [2.45, 2.75) is 58.0 Å². The van der Waals surface area contributed by atoms with E-state index in [2.05, 4.69) is 12.2 Å². The standard InChI is InChI=1S/C14H27F3N2/c1-12-4-7-13(10-18,8-5-12)11-19-9-3-2-6-14(15,16)17/h12,19H,2-11,18H2,1H3. The molecule has 19 heavy (non-hydrogen) atoms. The van der Waals surface area contributed by atoms with Crippen LogP contribution < -0.4 is 11.1 Å². The summed E-state index contributed by atoms with van der Waals surface area (Å²) in [5.41, 5.74) is 6.07. The summed E-state index contributed by atoms with van der Waals surface area (Å²) in [6.45, 7) is 4.45. The highest BCUT2D eigenvalue weighted by atomic mass is 19.4. The van der Waals surface area contributed by atoms with E-state index in [-0.39, 0.29) is 11.8 Å². The van der Waals surface area contributed by atoms with E-state index in [4.69, 9.17) is 5.73 Å². The molecule has 1 aliphatic rings. The highest BCUT2D eigenvalue weighted by molar-refractivity contribution is 4.87. The topological polar surface area (TPSA) is 38.0 Å². The first-order valence-electron chi connectivity index (χ1n) is 7.34. The zero-order chi connectivity index (χ0) is 14.4. The molecule has 1 fully saturated rings. The number of unbranched alkanes of at least 4 members (excludes halogenated alkanes) is 1. The van der Waals surface area contributed by atoms with Gasteiger partial charge in [-0.25, -0.2) is 0 Å². The Kier molecular flexibility index (Phi) is 6.60. The van der Waals surface area contributed by atoms with E-state index in [1.165, 1.54) is 12.8 Å². The minimum atomic E-state index is -4.02. The summed E-state index contributed by atoms with van der Waals surface area (Å²) in [5, 5.41) is 3.30. The maximum atomic E-state index is 12.0. The minimum Gasteiger partial charge on any atom is -0.330 e. The summed E-state index contributed by atoms with van der Waals surface area (Å²) in [5.74, 6) is 0.784. The third-order valence-electron chi connectivity index (χ3n) is 4.33. The monoisotopic (exact) mass is 280 g/mol. The van der Waals surface area contributed by atoms with Gasteiger partial charge in [0.05, 0.1) is 0 Å². The van der Waals surface area contributed by atoms with E-state index in [9.17, 15) is 13.2 Å². The molecule has 3 N–H and O–H groups in total. The van der Waals surface area contributed by atoms with Gasteiger partial charge in [-0.05, 0) is 50.1 Å². The number of hydrogen-bond acceptors (Lipinski definition) is 2. The van der Waals surface area contributed by atoms with Crippen LogP contribution in [0.3, 0.4) is 0 Å². The van der Waals surface area contributed by atoms with Crippen molar-refractivity contribution < 1.29 is 13.2 Å². The van der Waals surface area contributed by atoms with Crippen molar-refractivity contribution in [3.05, 3.63) is 0 Å². The first-order chi connectivity index (χ1) is 8.87. The molecule has 0 aromatic carbocycles. The fourth-order valence-corrected chi connectivity index (χ4v) is 2.76. The van der Waals surface area contributed by atoms with Crippen LogP contribution in [0.5, 0.6) is 0 Å². The molecule has 0 amide bonds. The van der Waals surface area contributed by atoms with Gasteiger partial charge in [0, 0.05) is 13.0 Å². The molecule has 0 bridgehead atoms. The van der Waals surface area contributed by atoms with Crippen LogP contribution in [-0.4, -0.2) is 25.8 Å². The second-order valence-corrected chi connectivity index (χ2v) is 6.14. The molecule has 0 saturated heterocycles. The van der Waals surface area contributed by atoms with Crippen LogP contribution in [0.25, 0.3) is 0 Å². The Balaban J connectivity index is 2.13. The molecule has 1 aliphatic carbocycles. The molecule has 0 radical (unpaired) electrons. The third-order valence-corrected chi connectivity index (χ3v) is 4.33. The first-order valence-corrected chi connectivity index (χ1v) is 7.34. The highest BCUT2D eigenvalue weighted by Gasteiger charge is 2.32. The molecule has 1 rings (SSSR count). The van der Waals surface area contributed by atoms with Crippen molar-refractivity contribution in [3.8, 4) is 0 Å². The van der Waals surface area contributed by atoms with Gasteiger partial charge in [-0.2, -0.15) is 13.2 Å². The van der Waals surface area contributed by atoms with Gasteiger partial charge in [-0.1, -0.05) is 19.8 Å². The van der Waals surface area contributed by atoms with E-state index in [0.717, 1.165) is 25.3 Å². The molecule has 114 valence electrons. The van der Waals surface area contributed by atoms with Gasteiger partial charge in [0.15, 0.2) is 0 Å². The van der Waals surface area contributed by atoms with Crippen molar-refractivity contribution >= 4 is 0 Å². The molecule has 2 nitrogen and oxygen atoms in total. The molecule has 0 aromatic heterocycles. The molecule has 0 unspecified atom stereocenters. The van der Waals surface area contributed by atoms with Crippen molar-refractivity contribution in [2.24, 2.45) is 17.1 Å². The molecule has 0 aromatic rings. The minimum absolute atomic E-state index is 0.177. The smallest absolute Gasteiger partial charge is 0.330 e. The fourth-order valence-electron chi connectivity index (χ4n) is 2.76. The van der Waals surface area contributed by atoms with Gasteiger partial charge in [-0.3, -0.25) is 0 Å². The van der Waals surface area contributed by atoms with E-state index in [0.29, 0.717) is 19.5 Å². The predicted molar refractivity (Wildman–Crippen MR) is 71.9 cm³/mol. The molecule has 5 heteroatoms. The Bertz CT molecular complexity index is 246. The van der Waals surface area contributed by atoms with Crippen LogP contribution in [0, 0.1) is 11.3 Å². The molecular weight excluding hydrogens is 253 g/mol. The lowest BCUT2D eigenvalue weighted by Crippen LogP contribution is -2.43. The lowest BCUT2D eigenvalue weighted by Gasteiger charge is -2.38. The van der Waals surface area contributed by atoms with E-state index < -0.39 is 12.6 Å². The van der Waals surface area contributed by atoms with Gasteiger partial charge < -0.3 is 11.1 Å². The highest BCUT2D eigenvalue weighted by Crippen LogP contribution is 2.37. The first kappa shape index (κ1) is 16.8. The molecule has 0 atom stereocenters. The molecule has 0 spiro atoms. The van der Waals surface area contributed by atoms with Crippen molar-refractivity contribution in [1.82, 2.24) is 5.32 Å². The van der Waals surface area contributed by atoms with E-state index in [1.54, 1.807) is 0 Å². The summed E-state index contributed by atoms with van der Waals surface area (Å²) in [6.07, 6.45) is 0.812. The van der Waals surface area contributed by atoms with Crippen LogP contribution in [-0.2, 0) is 0 Å². The average molecular weight is 280 g/mol. The summed E-state index contributed by atoms with van der Waals surface area (Å²) in [4.78, 5) is 0. The van der Waals surface area contributed by atoms with Crippen LogP contribution >= 0.6 is 0 Å². The van der Waals surface area contributed by atoms with Crippen molar-refractivity contribution in [1.29, 1.82) is 0 Å². The quantitative estimate of drug-likeness (QED) is 0.701. The molecular formula is C14H27F3N2. The summed E-state index contributed by atoms with van der Waals surface area (Å²) in [7, 11) is 0. The van der Waals surface area contributed by atoms with Crippen molar-refractivity contribution in [3.63, 3.8) is 0 Å². The van der Waals surface area contributed by atoms with E-state index >= 15 is 0 Å². The number of halogens is 3. The summed E-state index contributed by atoms with van der Waals surface area (Å²) < 4.78 is 35.9. The normalized spacial score (nSPS) is 28.6. The zero-order valence-electron chi connectivity index (χ0n) is 11.9. The number of nitrogens with one attached hydrogen (secondary N) is 1. The van der Waals surface area contributed by atoms with Crippen LogP contribution in [0.1, 0.15) is 51.9 Å². The van der Waals surface area contributed by atoms with Gasteiger partial charge >= 0.3 is 6.18 Å². The zero-order valence-corrected chi connectivity index (χ0v) is 11.9.